The van der Waals surface area contributed by atoms with Crippen molar-refractivity contribution in [2.45, 2.75) is 26.8 Å². The van der Waals surface area contributed by atoms with Gasteiger partial charge in [-0.15, -0.1) is 0 Å². The van der Waals surface area contributed by atoms with E-state index in [1.807, 2.05) is 4.90 Å². The molecule has 1 aliphatic rings. The summed E-state index contributed by atoms with van der Waals surface area (Å²) in [5.41, 5.74) is 1.53. The van der Waals surface area contributed by atoms with Gasteiger partial charge in [0.1, 0.15) is 11.9 Å². The molecular formula is C24H29FN4O4S. The van der Waals surface area contributed by atoms with Gasteiger partial charge in [0.15, 0.2) is 0 Å². The maximum atomic E-state index is 14.3. The molecule has 0 atom stereocenters. The van der Waals surface area contributed by atoms with Gasteiger partial charge in [-0.3, -0.25) is 4.31 Å². The van der Waals surface area contributed by atoms with E-state index in [0.29, 0.717) is 56.1 Å². The van der Waals surface area contributed by atoms with Crippen molar-refractivity contribution in [3.05, 3.63) is 59.4 Å². The molecule has 2 aromatic rings. The molecule has 0 saturated carbocycles. The number of hydrogen-bond acceptors (Lipinski definition) is 6. The lowest BCUT2D eigenvalue weighted by Crippen LogP contribution is -2.49. The Labute approximate surface area is 200 Å². The summed E-state index contributed by atoms with van der Waals surface area (Å²) in [5, 5.41) is 9.82. The first-order chi connectivity index (χ1) is 16.3. The van der Waals surface area contributed by atoms with Crippen LogP contribution in [0.4, 0.5) is 20.6 Å². The summed E-state index contributed by atoms with van der Waals surface area (Å²) >= 11 is 0. The summed E-state index contributed by atoms with van der Waals surface area (Å²) in [6, 6.07) is 13.1. The van der Waals surface area contributed by atoms with Gasteiger partial charge in [0, 0.05) is 31.7 Å². The van der Waals surface area contributed by atoms with Crippen LogP contribution in [0.15, 0.2) is 42.5 Å². The number of amides is 1. The first kappa shape index (κ1) is 25.3. The van der Waals surface area contributed by atoms with Crippen LogP contribution < -0.4 is 9.21 Å². The van der Waals surface area contributed by atoms with Crippen molar-refractivity contribution in [3.8, 4) is 6.07 Å². The molecular weight excluding hydrogens is 459 g/mol. The lowest BCUT2D eigenvalue weighted by atomic mass is 10.1. The van der Waals surface area contributed by atoms with Crippen LogP contribution >= 0.6 is 0 Å². The molecule has 3 rings (SSSR count). The third-order valence-corrected chi connectivity index (χ3v) is 7.54. The van der Waals surface area contributed by atoms with E-state index in [4.69, 9.17) is 4.74 Å². The minimum absolute atomic E-state index is 0.0963. The van der Waals surface area contributed by atoms with Crippen LogP contribution in [0.1, 0.15) is 31.4 Å². The van der Waals surface area contributed by atoms with Gasteiger partial charge < -0.3 is 14.5 Å². The third-order valence-electron chi connectivity index (χ3n) is 5.60. The first-order valence-electron chi connectivity index (χ1n) is 11.2. The number of benzene rings is 2. The van der Waals surface area contributed by atoms with Crippen LogP contribution in [0.5, 0.6) is 0 Å². The number of carbonyl (C=O) groups excluding carboxylic acids is 1. The SMILES string of the molecule is CCCS(=O)(=O)N(Cc1ccccc1F)c1ccc(N2CCN(C(=O)OCC)CC2)c(C#N)c1. The summed E-state index contributed by atoms with van der Waals surface area (Å²) in [7, 11) is -3.74. The highest BCUT2D eigenvalue weighted by atomic mass is 32.2. The number of piperazine rings is 1. The van der Waals surface area contributed by atoms with Gasteiger partial charge in [0.25, 0.3) is 0 Å². The number of sulfonamides is 1. The van der Waals surface area contributed by atoms with E-state index in [0.717, 1.165) is 4.31 Å². The fraction of sp³-hybridized carbons (Fsp3) is 0.417. The number of ether oxygens (including phenoxy) is 1. The quantitative estimate of drug-likeness (QED) is 0.562. The van der Waals surface area contributed by atoms with Crippen LogP contribution in [-0.4, -0.2) is 57.9 Å². The highest BCUT2D eigenvalue weighted by Gasteiger charge is 2.26. The summed E-state index contributed by atoms with van der Waals surface area (Å²) in [6.45, 7) is 5.59. The minimum Gasteiger partial charge on any atom is -0.450 e. The monoisotopic (exact) mass is 488 g/mol. The van der Waals surface area contributed by atoms with E-state index in [9.17, 15) is 22.9 Å². The van der Waals surface area contributed by atoms with E-state index in [-0.39, 0.29) is 24.0 Å². The van der Waals surface area contributed by atoms with Gasteiger partial charge in [-0.25, -0.2) is 17.6 Å². The second-order valence-electron chi connectivity index (χ2n) is 7.90. The number of hydrogen-bond donors (Lipinski definition) is 0. The second kappa shape index (κ2) is 11.2. The second-order valence-corrected chi connectivity index (χ2v) is 9.91. The summed E-state index contributed by atoms with van der Waals surface area (Å²) in [6.07, 6.45) is 0.0484. The molecule has 1 heterocycles. The Morgan fingerprint density at radius 2 is 1.85 bits per heavy atom. The van der Waals surface area contributed by atoms with Crippen LogP contribution in [0.25, 0.3) is 0 Å². The zero-order valence-corrected chi connectivity index (χ0v) is 20.2. The van der Waals surface area contributed by atoms with E-state index in [1.54, 1.807) is 49.1 Å². The largest absolute Gasteiger partial charge is 0.450 e. The van der Waals surface area contributed by atoms with Crippen molar-refractivity contribution < 1.29 is 22.3 Å². The minimum atomic E-state index is -3.74. The molecule has 0 aromatic heterocycles. The number of anilines is 2. The van der Waals surface area contributed by atoms with Crippen molar-refractivity contribution in [1.29, 1.82) is 5.26 Å². The van der Waals surface area contributed by atoms with Crippen LogP contribution in [0, 0.1) is 17.1 Å². The van der Waals surface area contributed by atoms with Gasteiger partial charge in [-0.05, 0) is 37.6 Å². The van der Waals surface area contributed by atoms with Gasteiger partial charge in [-0.2, -0.15) is 5.26 Å². The Bertz CT molecular complexity index is 1160. The molecule has 8 nitrogen and oxygen atoms in total. The molecule has 34 heavy (non-hydrogen) atoms. The summed E-state index contributed by atoms with van der Waals surface area (Å²) in [5.74, 6) is -0.586. The molecule has 0 radical (unpaired) electrons. The molecule has 0 N–H and O–H groups in total. The molecule has 1 fully saturated rings. The topological polar surface area (TPSA) is 94.0 Å². The highest BCUT2D eigenvalue weighted by Crippen LogP contribution is 2.30. The fourth-order valence-corrected chi connectivity index (χ4v) is 5.40. The van der Waals surface area contributed by atoms with Gasteiger partial charge in [0.2, 0.25) is 10.0 Å². The van der Waals surface area contributed by atoms with Crippen molar-refractivity contribution in [2.24, 2.45) is 0 Å². The van der Waals surface area contributed by atoms with Gasteiger partial charge in [0.05, 0.1) is 35.8 Å². The molecule has 10 heteroatoms. The number of carbonyl (C=O) groups is 1. The smallest absolute Gasteiger partial charge is 0.409 e. The molecule has 0 spiro atoms. The zero-order chi connectivity index (χ0) is 24.7. The van der Waals surface area contributed by atoms with E-state index in [1.165, 1.54) is 12.1 Å². The maximum absolute atomic E-state index is 14.3. The van der Waals surface area contributed by atoms with Crippen molar-refractivity contribution in [3.63, 3.8) is 0 Å². The molecule has 1 aliphatic heterocycles. The number of nitriles is 1. The Morgan fingerprint density at radius 3 is 2.47 bits per heavy atom. The van der Waals surface area contributed by atoms with E-state index in [2.05, 4.69) is 6.07 Å². The number of halogens is 1. The Hall–Kier alpha value is -3.32. The van der Waals surface area contributed by atoms with Crippen LogP contribution in [0.3, 0.4) is 0 Å². The molecule has 182 valence electrons. The number of rotatable bonds is 8. The Morgan fingerprint density at radius 1 is 1.15 bits per heavy atom. The summed E-state index contributed by atoms with van der Waals surface area (Å²) < 4.78 is 46.6. The van der Waals surface area contributed by atoms with E-state index < -0.39 is 15.8 Å². The first-order valence-corrected chi connectivity index (χ1v) is 12.9. The molecule has 1 saturated heterocycles. The number of nitrogens with zero attached hydrogens (tertiary/aromatic N) is 4. The Kier molecular flexibility index (Phi) is 8.34. The molecule has 0 unspecified atom stereocenters. The summed E-state index contributed by atoms with van der Waals surface area (Å²) in [4.78, 5) is 15.6. The van der Waals surface area contributed by atoms with Gasteiger partial charge in [-0.1, -0.05) is 25.1 Å². The molecule has 0 aliphatic carbocycles. The maximum Gasteiger partial charge on any atom is 0.409 e. The average Bonchev–Trinajstić information content (AvgIpc) is 2.83. The zero-order valence-electron chi connectivity index (χ0n) is 19.4. The lowest BCUT2D eigenvalue weighted by Gasteiger charge is -2.36. The molecule has 1 amide bonds. The molecule has 0 bridgehead atoms. The van der Waals surface area contributed by atoms with Crippen LogP contribution in [0.2, 0.25) is 0 Å². The predicted molar refractivity (Wildman–Crippen MR) is 129 cm³/mol. The van der Waals surface area contributed by atoms with E-state index >= 15 is 0 Å². The standard InChI is InChI=1S/C24H29FN4O4S/c1-3-15-34(31,32)29(18-19-7-5-6-8-22(19)25)21-9-10-23(20(16-21)17-26)27-11-13-28(14-12-27)24(30)33-4-2/h5-10,16H,3-4,11-15,18H2,1-2H3. The molecule has 2 aromatic carbocycles. The highest BCUT2D eigenvalue weighted by molar-refractivity contribution is 7.92. The average molecular weight is 489 g/mol. The fourth-order valence-electron chi connectivity index (χ4n) is 3.89. The van der Waals surface area contributed by atoms with Crippen molar-refractivity contribution in [2.75, 3.05) is 47.7 Å². The van der Waals surface area contributed by atoms with Crippen molar-refractivity contribution in [1.82, 2.24) is 4.90 Å². The lowest BCUT2D eigenvalue weighted by molar-refractivity contribution is 0.105. The van der Waals surface area contributed by atoms with Gasteiger partial charge >= 0.3 is 6.09 Å². The normalized spacial score (nSPS) is 13.9. The third kappa shape index (κ3) is 5.78. The predicted octanol–water partition coefficient (Wildman–Crippen LogP) is 3.72. The van der Waals surface area contributed by atoms with Crippen LogP contribution in [-0.2, 0) is 21.3 Å². The Balaban J connectivity index is 1.89. The van der Waals surface area contributed by atoms with Crippen molar-refractivity contribution >= 4 is 27.5 Å².